The molecule has 0 atom stereocenters. The first kappa shape index (κ1) is 18.8. The Morgan fingerprint density at radius 1 is 1.04 bits per heavy atom. The number of nitrogens with one attached hydrogen (secondary N) is 2. The van der Waals surface area contributed by atoms with Crippen LogP contribution in [0.2, 0.25) is 0 Å². The van der Waals surface area contributed by atoms with E-state index in [4.69, 9.17) is 0 Å². The molecule has 140 valence electrons. The van der Waals surface area contributed by atoms with Gasteiger partial charge in [-0.3, -0.25) is 4.72 Å². The van der Waals surface area contributed by atoms with Crippen molar-refractivity contribution < 1.29 is 8.42 Å². The maximum atomic E-state index is 11.9. The molecule has 0 radical (unpaired) electrons. The molecule has 0 saturated carbocycles. The van der Waals surface area contributed by atoms with Gasteiger partial charge in [0.25, 0.3) is 0 Å². The van der Waals surface area contributed by atoms with Crippen molar-refractivity contribution in [1.82, 2.24) is 0 Å². The third-order valence-electron chi connectivity index (χ3n) is 5.23. The van der Waals surface area contributed by atoms with Crippen molar-refractivity contribution in [3.05, 3.63) is 58.1 Å². The average Bonchev–Trinajstić information content (AvgIpc) is 3.08. The van der Waals surface area contributed by atoms with Gasteiger partial charge in [0.1, 0.15) is 0 Å². The number of aryl methyl sites for hydroxylation is 1. The van der Waals surface area contributed by atoms with Crippen LogP contribution < -0.4 is 10.0 Å². The van der Waals surface area contributed by atoms with Gasteiger partial charge in [-0.05, 0) is 93.0 Å². The van der Waals surface area contributed by atoms with Crippen LogP contribution in [0.15, 0.2) is 30.3 Å². The molecule has 0 spiro atoms. The SMILES string of the molecule is Cc1cc(NCc2ccc(NS(=O)(=O)C(C)C)cc2)c(C)c2c1CCC2. The number of fused-ring (bicyclic) bond motifs is 1. The molecule has 2 N–H and O–H groups in total. The van der Waals surface area contributed by atoms with E-state index in [0.29, 0.717) is 5.69 Å². The summed E-state index contributed by atoms with van der Waals surface area (Å²) in [6.07, 6.45) is 3.65. The van der Waals surface area contributed by atoms with Crippen LogP contribution >= 0.6 is 0 Å². The summed E-state index contributed by atoms with van der Waals surface area (Å²) in [4.78, 5) is 0. The second kappa shape index (κ2) is 7.31. The molecule has 2 aromatic rings. The predicted molar refractivity (Wildman–Crippen MR) is 109 cm³/mol. The van der Waals surface area contributed by atoms with Crippen LogP contribution in [-0.4, -0.2) is 13.7 Å². The molecule has 0 amide bonds. The minimum Gasteiger partial charge on any atom is -0.381 e. The summed E-state index contributed by atoms with van der Waals surface area (Å²) < 4.78 is 26.5. The highest BCUT2D eigenvalue weighted by molar-refractivity contribution is 7.93. The minimum absolute atomic E-state index is 0.449. The van der Waals surface area contributed by atoms with Crippen LogP contribution in [-0.2, 0) is 29.4 Å². The first-order valence-corrected chi connectivity index (χ1v) is 10.8. The molecule has 2 aromatic carbocycles. The number of hydrogen-bond acceptors (Lipinski definition) is 3. The first-order valence-electron chi connectivity index (χ1n) is 9.24. The monoisotopic (exact) mass is 372 g/mol. The number of sulfonamides is 1. The average molecular weight is 373 g/mol. The Kier molecular flexibility index (Phi) is 5.28. The lowest BCUT2D eigenvalue weighted by atomic mass is 9.97. The molecule has 0 unspecified atom stereocenters. The van der Waals surface area contributed by atoms with Crippen molar-refractivity contribution in [2.24, 2.45) is 0 Å². The normalized spacial score (nSPS) is 13.7. The summed E-state index contributed by atoms with van der Waals surface area (Å²) in [7, 11) is -3.30. The second-order valence-corrected chi connectivity index (χ2v) is 9.66. The zero-order valence-corrected chi connectivity index (χ0v) is 16.8. The molecule has 0 aliphatic heterocycles. The zero-order chi connectivity index (χ0) is 18.9. The van der Waals surface area contributed by atoms with Crippen LogP contribution in [0.4, 0.5) is 11.4 Å². The van der Waals surface area contributed by atoms with Crippen molar-refractivity contribution in [2.45, 2.75) is 58.8 Å². The van der Waals surface area contributed by atoms with E-state index in [0.717, 1.165) is 12.1 Å². The number of anilines is 2. The standard InChI is InChI=1S/C21H28N2O2S/c1-14(2)26(24,25)23-18-10-8-17(9-11-18)13-22-21-12-15(3)19-6-5-7-20(19)16(21)4/h8-12,14,22-23H,5-7,13H2,1-4H3. The molecule has 1 aliphatic carbocycles. The van der Waals surface area contributed by atoms with Gasteiger partial charge in [-0.25, -0.2) is 8.42 Å². The highest BCUT2D eigenvalue weighted by atomic mass is 32.2. The molecule has 0 bridgehead atoms. The Bertz CT molecular complexity index is 901. The van der Waals surface area contributed by atoms with Crippen LogP contribution in [0.5, 0.6) is 0 Å². The second-order valence-electron chi connectivity index (χ2n) is 7.42. The lowest BCUT2D eigenvalue weighted by Gasteiger charge is -2.16. The van der Waals surface area contributed by atoms with Crippen molar-refractivity contribution in [3.8, 4) is 0 Å². The number of rotatable bonds is 6. The molecule has 1 aliphatic rings. The molecule has 0 heterocycles. The maximum absolute atomic E-state index is 11.9. The van der Waals surface area contributed by atoms with Crippen molar-refractivity contribution in [2.75, 3.05) is 10.0 Å². The summed E-state index contributed by atoms with van der Waals surface area (Å²) >= 11 is 0. The van der Waals surface area contributed by atoms with Gasteiger partial charge in [-0.2, -0.15) is 0 Å². The smallest absolute Gasteiger partial charge is 0.235 e. The van der Waals surface area contributed by atoms with Gasteiger partial charge in [0, 0.05) is 17.9 Å². The Labute approximate surface area is 157 Å². The molecule has 0 saturated heterocycles. The molecule has 4 nitrogen and oxygen atoms in total. The lowest BCUT2D eigenvalue weighted by Crippen LogP contribution is -2.22. The van der Waals surface area contributed by atoms with E-state index in [1.807, 2.05) is 24.3 Å². The van der Waals surface area contributed by atoms with E-state index in [2.05, 4.69) is 30.0 Å². The van der Waals surface area contributed by atoms with Gasteiger partial charge < -0.3 is 5.32 Å². The highest BCUT2D eigenvalue weighted by Crippen LogP contribution is 2.33. The Balaban J connectivity index is 1.69. The molecule has 0 fully saturated rings. The van der Waals surface area contributed by atoms with Crippen LogP contribution in [0.3, 0.4) is 0 Å². The number of benzene rings is 2. The fourth-order valence-electron chi connectivity index (χ4n) is 3.52. The van der Waals surface area contributed by atoms with Gasteiger partial charge in [-0.15, -0.1) is 0 Å². The van der Waals surface area contributed by atoms with E-state index in [1.54, 1.807) is 13.8 Å². The molecule has 26 heavy (non-hydrogen) atoms. The summed E-state index contributed by atoms with van der Waals surface area (Å²) in [6, 6.07) is 9.81. The molecular weight excluding hydrogens is 344 g/mol. The zero-order valence-electron chi connectivity index (χ0n) is 16.0. The van der Waals surface area contributed by atoms with E-state index < -0.39 is 15.3 Å². The predicted octanol–water partition coefficient (Wildman–Crippen LogP) is 4.55. The quantitative estimate of drug-likeness (QED) is 0.782. The lowest BCUT2D eigenvalue weighted by molar-refractivity contribution is 0.593. The van der Waals surface area contributed by atoms with Crippen LogP contribution in [0.25, 0.3) is 0 Å². The van der Waals surface area contributed by atoms with Crippen LogP contribution in [0, 0.1) is 13.8 Å². The molecule has 5 heteroatoms. The van der Waals surface area contributed by atoms with E-state index in [1.165, 1.54) is 47.2 Å². The van der Waals surface area contributed by atoms with Gasteiger partial charge in [0.15, 0.2) is 0 Å². The van der Waals surface area contributed by atoms with Crippen molar-refractivity contribution >= 4 is 21.4 Å². The fraction of sp³-hybridized carbons (Fsp3) is 0.429. The van der Waals surface area contributed by atoms with Crippen LogP contribution in [0.1, 0.15) is 48.1 Å². The topological polar surface area (TPSA) is 58.2 Å². The Hall–Kier alpha value is -2.01. The summed E-state index contributed by atoms with van der Waals surface area (Å²) in [5, 5.41) is 3.10. The van der Waals surface area contributed by atoms with Gasteiger partial charge in [-0.1, -0.05) is 12.1 Å². The third kappa shape index (κ3) is 3.88. The molecular formula is C21H28N2O2S. The van der Waals surface area contributed by atoms with E-state index in [9.17, 15) is 8.42 Å². The molecule has 0 aromatic heterocycles. The van der Waals surface area contributed by atoms with E-state index in [-0.39, 0.29) is 0 Å². The number of hydrogen-bond donors (Lipinski definition) is 2. The summed E-state index contributed by atoms with van der Waals surface area (Å²) in [6.45, 7) is 8.46. The Morgan fingerprint density at radius 3 is 2.35 bits per heavy atom. The van der Waals surface area contributed by atoms with Crippen molar-refractivity contribution in [1.29, 1.82) is 0 Å². The Morgan fingerprint density at radius 2 is 1.69 bits per heavy atom. The summed E-state index contributed by atoms with van der Waals surface area (Å²) in [5.74, 6) is 0. The molecule has 3 rings (SSSR count). The third-order valence-corrected chi connectivity index (χ3v) is 6.99. The van der Waals surface area contributed by atoms with Gasteiger partial charge in [0.05, 0.1) is 5.25 Å². The van der Waals surface area contributed by atoms with Gasteiger partial charge >= 0.3 is 0 Å². The maximum Gasteiger partial charge on any atom is 0.235 e. The highest BCUT2D eigenvalue weighted by Gasteiger charge is 2.18. The van der Waals surface area contributed by atoms with Gasteiger partial charge in [0.2, 0.25) is 10.0 Å². The van der Waals surface area contributed by atoms with E-state index >= 15 is 0 Å². The largest absolute Gasteiger partial charge is 0.381 e. The summed E-state index contributed by atoms with van der Waals surface area (Å²) in [5.41, 5.74) is 8.73. The first-order chi connectivity index (χ1) is 12.3. The van der Waals surface area contributed by atoms with Crippen molar-refractivity contribution in [3.63, 3.8) is 0 Å². The fourth-order valence-corrected chi connectivity index (χ4v) is 4.22. The minimum atomic E-state index is -3.30.